The van der Waals surface area contributed by atoms with Crippen molar-refractivity contribution in [1.82, 2.24) is 0 Å². The molecule has 0 rings (SSSR count). The molecule has 0 saturated carbocycles. The lowest BCUT2D eigenvalue weighted by Gasteiger charge is -2.26. The van der Waals surface area contributed by atoms with Gasteiger partial charge in [0.1, 0.15) is 12.9 Å². The predicted molar refractivity (Wildman–Crippen MR) is 40.6 cm³/mol. The van der Waals surface area contributed by atoms with Crippen LogP contribution < -0.4 is 0 Å². The first kappa shape index (κ1) is 11.5. The molecule has 0 spiro atoms. The fourth-order valence-electron chi connectivity index (χ4n) is 0.610. The van der Waals surface area contributed by atoms with Gasteiger partial charge in [-0.05, 0) is 0 Å². The van der Waals surface area contributed by atoms with Gasteiger partial charge in [0.25, 0.3) is 0 Å². The molecule has 0 aromatic heterocycles. The van der Waals surface area contributed by atoms with Gasteiger partial charge in [0.15, 0.2) is 0 Å². The molecule has 12 heavy (non-hydrogen) atoms. The molecular formula is C7H14O5. The van der Waals surface area contributed by atoms with E-state index in [1.807, 2.05) is 0 Å². The van der Waals surface area contributed by atoms with Gasteiger partial charge in [0, 0.05) is 0 Å². The molecule has 5 heteroatoms. The minimum absolute atomic E-state index is 0.0325. The van der Waals surface area contributed by atoms with Crippen LogP contribution in [-0.2, 0) is 9.53 Å². The fraction of sp³-hybridized carbons (Fsp3) is 0.857. The van der Waals surface area contributed by atoms with Crippen molar-refractivity contribution in [3.63, 3.8) is 0 Å². The summed E-state index contributed by atoms with van der Waals surface area (Å²) in [4.78, 5) is 9.84. The van der Waals surface area contributed by atoms with Crippen molar-refractivity contribution < 1.29 is 24.9 Å². The number of hydrogen-bond donors (Lipinski definition) is 3. The third-order valence-electron chi connectivity index (χ3n) is 1.60. The first-order chi connectivity index (χ1) is 5.74. The molecule has 0 aromatic carbocycles. The average molecular weight is 178 g/mol. The normalized spacial score (nSPS) is 11.6. The lowest BCUT2D eigenvalue weighted by molar-refractivity contribution is -0.115. The Balaban J connectivity index is 3.84. The van der Waals surface area contributed by atoms with Crippen LogP contribution in [0, 0.1) is 5.41 Å². The van der Waals surface area contributed by atoms with Crippen LogP contribution in [0.3, 0.4) is 0 Å². The van der Waals surface area contributed by atoms with Crippen LogP contribution in [0.5, 0.6) is 0 Å². The monoisotopic (exact) mass is 178 g/mol. The van der Waals surface area contributed by atoms with Gasteiger partial charge in [-0.15, -0.1) is 0 Å². The minimum atomic E-state index is -1.04. The lowest BCUT2D eigenvalue weighted by atomic mass is 9.93. The zero-order chi connectivity index (χ0) is 9.45. The maximum atomic E-state index is 9.84. The Morgan fingerprint density at radius 1 is 1.17 bits per heavy atom. The summed E-state index contributed by atoms with van der Waals surface area (Å²) in [6.07, 6.45) is 0.566. The number of aliphatic hydroxyl groups is 3. The van der Waals surface area contributed by atoms with E-state index in [1.54, 1.807) is 0 Å². The number of rotatable bonds is 7. The van der Waals surface area contributed by atoms with E-state index in [2.05, 4.69) is 0 Å². The van der Waals surface area contributed by atoms with Crippen molar-refractivity contribution in [2.45, 2.75) is 0 Å². The Kier molecular flexibility index (Phi) is 5.83. The van der Waals surface area contributed by atoms with Gasteiger partial charge in [-0.2, -0.15) is 0 Å². The summed E-state index contributed by atoms with van der Waals surface area (Å²) < 4.78 is 4.77. The number of carbonyl (C=O) groups excluding carboxylic acids is 1. The molecule has 5 nitrogen and oxygen atoms in total. The predicted octanol–water partition coefficient (Wildman–Crippen LogP) is -1.83. The maximum Gasteiger partial charge on any atom is 0.145 e. The molecule has 0 radical (unpaired) electrons. The first-order valence-electron chi connectivity index (χ1n) is 3.58. The van der Waals surface area contributed by atoms with E-state index in [0.717, 1.165) is 0 Å². The second kappa shape index (κ2) is 6.07. The van der Waals surface area contributed by atoms with Crippen LogP contribution in [0.15, 0.2) is 0 Å². The van der Waals surface area contributed by atoms with E-state index in [9.17, 15) is 4.79 Å². The van der Waals surface area contributed by atoms with Crippen molar-refractivity contribution in [2.75, 3.05) is 33.0 Å². The highest BCUT2D eigenvalue weighted by Crippen LogP contribution is 2.14. The summed E-state index contributed by atoms with van der Waals surface area (Å²) in [6.45, 7) is -1.26. The Morgan fingerprint density at radius 3 is 2.00 bits per heavy atom. The highest BCUT2D eigenvalue weighted by molar-refractivity contribution is 5.50. The lowest BCUT2D eigenvalue weighted by Crippen LogP contribution is -2.38. The second-order valence-corrected chi connectivity index (χ2v) is 2.66. The molecule has 0 bridgehead atoms. The smallest absolute Gasteiger partial charge is 0.145 e. The SMILES string of the molecule is O=CCOCC(CO)(CO)CO. The molecule has 72 valence electrons. The van der Waals surface area contributed by atoms with Crippen molar-refractivity contribution >= 4 is 6.29 Å². The van der Waals surface area contributed by atoms with Gasteiger partial charge >= 0.3 is 0 Å². The zero-order valence-corrected chi connectivity index (χ0v) is 6.77. The van der Waals surface area contributed by atoms with Gasteiger partial charge in [-0.3, -0.25) is 0 Å². The van der Waals surface area contributed by atoms with Crippen LogP contribution in [-0.4, -0.2) is 54.6 Å². The summed E-state index contributed by atoms with van der Waals surface area (Å²) in [6, 6.07) is 0. The molecule has 3 N–H and O–H groups in total. The second-order valence-electron chi connectivity index (χ2n) is 2.66. The Labute approximate surface area is 70.6 Å². The zero-order valence-electron chi connectivity index (χ0n) is 6.77. The van der Waals surface area contributed by atoms with Crippen LogP contribution in [0.2, 0.25) is 0 Å². The fourth-order valence-corrected chi connectivity index (χ4v) is 0.610. The molecule has 0 amide bonds. The van der Waals surface area contributed by atoms with Gasteiger partial charge < -0.3 is 24.9 Å². The molecule has 0 aromatic rings. The number of aldehydes is 1. The van der Waals surface area contributed by atoms with Gasteiger partial charge in [0.2, 0.25) is 0 Å². The van der Waals surface area contributed by atoms with E-state index >= 15 is 0 Å². The van der Waals surface area contributed by atoms with Crippen LogP contribution in [0.1, 0.15) is 0 Å². The molecule has 0 unspecified atom stereocenters. The van der Waals surface area contributed by atoms with E-state index in [4.69, 9.17) is 20.1 Å². The molecular weight excluding hydrogens is 164 g/mol. The average Bonchev–Trinajstić information content (AvgIpc) is 2.14. The Bertz CT molecular complexity index is 113. The van der Waals surface area contributed by atoms with Gasteiger partial charge in [0.05, 0.1) is 31.8 Å². The molecule has 0 aliphatic carbocycles. The number of aliphatic hydroxyl groups excluding tert-OH is 3. The summed E-state index contributed by atoms with van der Waals surface area (Å²) in [5, 5.41) is 26.4. The number of carbonyl (C=O) groups is 1. The van der Waals surface area contributed by atoms with Gasteiger partial charge in [-0.25, -0.2) is 0 Å². The topological polar surface area (TPSA) is 87.0 Å². The summed E-state index contributed by atoms with van der Waals surface area (Å²) >= 11 is 0. The molecule has 0 heterocycles. The van der Waals surface area contributed by atoms with E-state index in [0.29, 0.717) is 6.29 Å². The summed E-state index contributed by atoms with van der Waals surface area (Å²) in [5.41, 5.74) is -1.04. The quantitative estimate of drug-likeness (QED) is 0.315. The van der Waals surface area contributed by atoms with Crippen molar-refractivity contribution in [3.05, 3.63) is 0 Å². The van der Waals surface area contributed by atoms with Crippen molar-refractivity contribution in [3.8, 4) is 0 Å². The van der Waals surface area contributed by atoms with E-state index in [-0.39, 0.29) is 33.0 Å². The number of hydrogen-bond acceptors (Lipinski definition) is 5. The van der Waals surface area contributed by atoms with Crippen LogP contribution >= 0.6 is 0 Å². The Hall–Kier alpha value is -0.490. The van der Waals surface area contributed by atoms with Crippen molar-refractivity contribution in [2.24, 2.45) is 5.41 Å². The summed E-state index contributed by atoms with van der Waals surface area (Å²) in [7, 11) is 0. The van der Waals surface area contributed by atoms with Crippen LogP contribution in [0.4, 0.5) is 0 Å². The maximum absolute atomic E-state index is 9.84. The first-order valence-corrected chi connectivity index (χ1v) is 3.58. The Morgan fingerprint density at radius 2 is 1.67 bits per heavy atom. The molecule has 0 aliphatic rings. The van der Waals surface area contributed by atoms with Gasteiger partial charge in [-0.1, -0.05) is 0 Å². The third kappa shape index (κ3) is 3.27. The minimum Gasteiger partial charge on any atom is -0.396 e. The number of ether oxygens (including phenoxy) is 1. The highest BCUT2D eigenvalue weighted by atomic mass is 16.5. The standard InChI is InChI=1S/C7H14O5/c8-1-2-12-6-7(3-9,4-10)5-11/h1,9-11H,2-6H2. The van der Waals surface area contributed by atoms with E-state index in [1.165, 1.54) is 0 Å². The highest BCUT2D eigenvalue weighted by Gasteiger charge is 2.28. The summed E-state index contributed by atoms with van der Waals surface area (Å²) in [5.74, 6) is 0. The van der Waals surface area contributed by atoms with Crippen molar-refractivity contribution in [1.29, 1.82) is 0 Å². The molecule has 0 saturated heterocycles. The van der Waals surface area contributed by atoms with E-state index < -0.39 is 5.41 Å². The molecule has 0 aliphatic heterocycles. The third-order valence-corrected chi connectivity index (χ3v) is 1.60. The molecule has 0 atom stereocenters. The largest absolute Gasteiger partial charge is 0.396 e. The van der Waals surface area contributed by atoms with Crippen LogP contribution in [0.25, 0.3) is 0 Å². The molecule has 0 fully saturated rings.